The molecule has 1 amide bonds. The highest BCUT2D eigenvalue weighted by Crippen LogP contribution is 2.36. The van der Waals surface area contributed by atoms with Gasteiger partial charge in [0.15, 0.2) is 5.82 Å². The summed E-state index contributed by atoms with van der Waals surface area (Å²) < 4.78 is 18.5. The summed E-state index contributed by atoms with van der Waals surface area (Å²) >= 11 is 0. The van der Waals surface area contributed by atoms with Gasteiger partial charge in [-0.1, -0.05) is 0 Å². The number of likely N-dealkylation sites (tertiary alicyclic amines) is 1. The van der Waals surface area contributed by atoms with Gasteiger partial charge in [0.25, 0.3) is 0 Å². The first-order valence-electron chi connectivity index (χ1n) is 10.1. The third-order valence-corrected chi connectivity index (χ3v) is 5.23. The number of aromatic nitrogens is 3. The van der Waals surface area contributed by atoms with Crippen LogP contribution in [0.3, 0.4) is 0 Å². The summed E-state index contributed by atoms with van der Waals surface area (Å²) in [5, 5.41) is 11.1. The lowest BCUT2D eigenvalue weighted by Gasteiger charge is -2.31. The Labute approximate surface area is 179 Å². The van der Waals surface area contributed by atoms with Crippen molar-refractivity contribution < 1.29 is 19.4 Å². The number of carbonyl (C=O) groups excluding carboxylic acids is 1. The van der Waals surface area contributed by atoms with E-state index in [1.165, 1.54) is 12.1 Å². The molecule has 1 saturated heterocycles. The maximum Gasteiger partial charge on any atom is 0.409 e. The second kappa shape index (κ2) is 10.0. The van der Waals surface area contributed by atoms with Gasteiger partial charge in [-0.2, -0.15) is 5.10 Å². The molecule has 8 nitrogen and oxygen atoms in total. The highest BCUT2D eigenvalue weighted by Gasteiger charge is 2.25. The fourth-order valence-electron chi connectivity index (χ4n) is 3.69. The molecule has 4 rings (SSSR count). The maximum atomic E-state index is 13.4. The number of hydrogen-bond donors (Lipinski definition) is 2. The fraction of sp³-hybridized carbons (Fsp3) is 0.318. The molecule has 0 unspecified atom stereocenters. The lowest BCUT2D eigenvalue weighted by atomic mass is 10.0. The minimum absolute atomic E-state index is 0. The summed E-state index contributed by atoms with van der Waals surface area (Å²) in [6.07, 6.45) is 4.81. The van der Waals surface area contributed by atoms with Crippen LogP contribution in [0.25, 0.3) is 22.4 Å². The first kappa shape index (κ1) is 22.2. The topological polar surface area (TPSA) is 115 Å². The van der Waals surface area contributed by atoms with Crippen molar-refractivity contribution in [3.8, 4) is 22.4 Å². The number of amides is 1. The quantitative estimate of drug-likeness (QED) is 0.647. The van der Waals surface area contributed by atoms with Gasteiger partial charge < -0.3 is 20.4 Å². The molecular weight excluding hydrogens is 401 g/mol. The van der Waals surface area contributed by atoms with E-state index in [0.29, 0.717) is 19.7 Å². The van der Waals surface area contributed by atoms with Crippen LogP contribution >= 0.6 is 0 Å². The summed E-state index contributed by atoms with van der Waals surface area (Å²) in [5.41, 5.74) is 3.54. The van der Waals surface area contributed by atoms with Crippen LogP contribution in [0.4, 0.5) is 15.0 Å². The summed E-state index contributed by atoms with van der Waals surface area (Å²) in [5.74, 6) is 0.450. The molecule has 0 spiro atoms. The number of aromatic amines is 1. The first-order chi connectivity index (χ1) is 14.7. The number of halogens is 1. The Bertz CT molecular complexity index is 986. The monoisotopic (exact) mass is 427 g/mol. The van der Waals surface area contributed by atoms with E-state index in [0.717, 1.165) is 41.0 Å². The zero-order valence-corrected chi connectivity index (χ0v) is 17.3. The molecule has 0 atom stereocenters. The Morgan fingerprint density at radius 2 is 1.84 bits per heavy atom. The molecule has 3 aromatic rings. The molecule has 4 N–H and O–H groups in total. The van der Waals surface area contributed by atoms with Gasteiger partial charge in [-0.25, -0.2) is 9.18 Å². The maximum absolute atomic E-state index is 13.4. The molecule has 2 aromatic heterocycles. The predicted molar refractivity (Wildman–Crippen MR) is 116 cm³/mol. The molecule has 1 aromatic carbocycles. The van der Waals surface area contributed by atoms with Gasteiger partial charge in [-0.3, -0.25) is 10.1 Å². The van der Waals surface area contributed by atoms with Crippen molar-refractivity contribution in [1.82, 2.24) is 20.1 Å². The molecule has 1 aliphatic heterocycles. The average molecular weight is 427 g/mol. The number of rotatable bonds is 5. The van der Waals surface area contributed by atoms with Gasteiger partial charge in [0.2, 0.25) is 0 Å². The molecule has 3 heterocycles. The van der Waals surface area contributed by atoms with Crippen molar-refractivity contribution in [2.75, 3.05) is 25.0 Å². The number of hydrogen-bond acceptors (Lipinski definition) is 5. The Morgan fingerprint density at radius 1 is 1.16 bits per heavy atom. The second-order valence-electron chi connectivity index (χ2n) is 7.17. The number of pyridine rings is 1. The van der Waals surface area contributed by atoms with Crippen LogP contribution in [-0.2, 0) is 4.74 Å². The molecule has 164 valence electrons. The molecule has 1 aliphatic rings. The molecular formula is C22H26FN5O3. The summed E-state index contributed by atoms with van der Waals surface area (Å²) in [7, 11) is 0. The van der Waals surface area contributed by atoms with E-state index in [1.807, 2.05) is 19.1 Å². The van der Waals surface area contributed by atoms with E-state index in [1.54, 1.807) is 29.4 Å². The number of H-pyrrole nitrogens is 1. The van der Waals surface area contributed by atoms with Crippen molar-refractivity contribution in [2.24, 2.45) is 0 Å². The lowest BCUT2D eigenvalue weighted by molar-refractivity contribution is 0.0983. The number of ether oxygens (including phenoxy) is 1. The van der Waals surface area contributed by atoms with Crippen LogP contribution in [-0.4, -0.2) is 57.4 Å². The minimum atomic E-state index is -0.282. The molecule has 0 saturated carbocycles. The SMILES string of the molecule is CCOC(=O)N1CCC(Nc2n[nH]c(-c3ccc(F)cc3)c2-c2ccncc2)CC1.O. The number of anilines is 1. The van der Waals surface area contributed by atoms with Crippen LogP contribution in [0.5, 0.6) is 0 Å². The van der Waals surface area contributed by atoms with E-state index in [-0.39, 0.29) is 23.4 Å². The Balaban J connectivity index is 0.00000272. The predicted octanol–water partition coefficient (Wildman–Crippen LogP) is 3.49. The fourth-order valence-corrected chi connectivity index (χ4v) is 3.69. The number of piperidine rings is 1. The lowest BCUT2D eigenvalue weighted by Crippen LogP contribution is -2.42. The number of carbonyl (C=O) groups is 1. The van der Waals surface area contributed by atoms with Crippen molar-refractivity contribution in [3.63, 3.8) is 0 Å². The van der Waals surface area contributed by atoms with Crippen molar-refractivity contribution in [2.45, 2.75) is 25.8 Å². The highest BCUT2D eigenvalue weighted by atomic mass is 19.1. The Hall–Kier alpha value is -3.46. The van der Waals surface area contributed by atoms with Crippen LogP contribution in [0.1, 0.15) is 19.8 Å². The van der Waals surface area contributed by atoms with Crippen molar-refractivity contribution >= 4 is 11.9 Å². The van der Waals surface area contributed by atoms with Crippen LogP contribution < -0.4 is 5.32 Å². The molecule has 9 heteroatoms. The first-order valence-corrected chi connectivity index (χ1v) is 10.1. The van der Waals surface area contributed by atoms with Gasteiger partial charge in [-0.05, 0) is 61.7 Å². The average Bonchev–Trinajstić information content (AvgIpc) is 3.19. The smallest absolute Gasteiger partial charge is 0.409 e. The van der Waals surface area contributed by atoms with E-state index in [9.17, 15) is 9.18 Å². The Kier molecular flexibility index (Phi) is 7.19. The second-order valence-corrected chi connectivity index (χ2v) is 7.17. The summed E-state index contributed by atoms with van der Waals surface area (Å²) in [4.78, 5) is 17.8. The van der Waals surface area contributed by atoms with E-state index in [4.69, 9.17) is 4.74 Å². The van der Waals surface area contributed by atoms with Gasteiger partial charge in [0.1, 0.15) is 5.82 Å². The summed E-state index contributed by atoms with van der Waals surface area (Å²) in [6.45, 7) is 3.46. The molecule has 0 radical (unpaired) electrons. The number of nitrogens with one attached hydrogen (secondary N) is 2. The molecule has 0 aliphatic carbocycles. The Morgan fingerprint density at radius 3 is 2.48 bits per heavy atom. The van der Waals surface area contributed by atoms with Crippen LogP contribution in [0.2, 0.25) is 0 Å². The normalized spacial score (nSPS) is 14.1. The van der Waals surface area contributed by atoms with Crippen LogP contribution in [0, 0.1) is 5.82 Å². The third kappa shape index (κ3) is 5.00. The zero-order chi connectivity index (χ0) is 20.9. The van der Waals surface area contributed by atoms with Crippen molar-refractivity contribution in [1.29, 1.82) is 0 Å². The number of nitrogens with zero attached hydrogens (tertiary/aromatic N) is 3. The van der Waals surface area contributed by atoms with E-state index < -0.39 is 0 Å². The zero-order valence-electron chi connectivity index (χ0n) is 17.3. The van der Waals surface area contributed by atoms with E-state index in [2.05, 4.69) is 20.5 Å². The van der Waals surface area contributed by atoms with Crippen LogP contribution in [0.15, 0.2) is 48.8 Å². The standard InChI is InChI=1S/C22H24FN5O2.H2O/c1-2-30-22(29)28-13-9-18(10-14-28)25-21-19(15-7-11-24-12-8-15)20(26-27-21)16-3-5-17(23)6-4-16;/h3-8,11-12,18H,2,9-10,13-14H2,1H3,(H2,25,26,27);1H2. The molecule has 0 bridgehead atoms. The molecule has 1 fully saturated rings. The highest BCUT2D eigenvalue weighted by molar-refractivity contribution is 5.88. The molecule has 31 heavy (non-hydrogen) atoms. The minimum Gasteiger partial charge on any atom is -0.450 e. The summed E-state index contributed by atoms with van der Waals surface area (Å²) in [6, 6.07) is 10.4. The van der Waals surface area contributed by atoms with Gasteiger partial charge in [0, 0.05) is 37.1 Å². The van der Waals surface area contributed by atoms with Gasteiger partial charge in [-0.15, -0.1) is 0 Å². The third-order valence-electron chi connectivity index (χ3n) is 5.23. The number of benzene rings is 1. The van der Waals surface area contributed by atoms with Crippen molar-refractivity contribution in [3.05, 3.63) is 54.6 Å². The van der Waals surface area contributed by atoms with E-state index >= 15 is 0 Å². The van der Waals surface area contributed by atoms with Gasteiger partial charge in [0.05, 0.1) is 17.9 Å². The van der Waals surface area contributed by atoms with Gasteiger partial charge >= 0.3 is 6.09 Å². The largest absolute Gasteiger partial charge is 0.450 e.